The van der Waals surface area contributed by atoms with Gasteiger partial charge < -0.3 is 15.8 Å². The van der Waals surface area contributed by atoms with Crippen molar-refractivity contribution in [3.63, 3.8) is 0 Å². The van der Waals surface area contributed by atoms with Crippen LogP contribution in [0.2, 0.25) is 0 Å². The number of carbonyl (C=O) groups is 1. The maximum Gasteiger partial charge on any atom is 0.233 e. The molecule has 18 heavy (non-hydrogen) atoms. The summed E-state index contributed by atoms with van der Waals surface area (Å²) in [6.07, 6.45) is 3.13. The van der Waals surface area contributed by atoms with E-state index in [1.54, 1.807) is 19.4 Å². The number of nitrogens with one attached hydrogen (secondary N) is 1. The molecule has 1 heterocycles. The lowest BCUT2D eigenvalue weighted by molar-refractivity contribution is -0.124. The van der Waals surface area contributed by atoms with Crippen LogP contribution < -0.4 is 15.8 Å². The van der Waals surface area contributed by atoms with Crippen LogP contribution in [0.15, 0.2) is 18.3 Å². The van der Waals surface area contributed by atoms with Gasteiger partial charge in [0.05, 0.1) is 17.5 Å². The highest BCUT2D eigenvalue weighted by Crippen LogP contribution is 2.46. The average molecular weight is 265 g/mol. The molecule has 1 aliphatic rings. The Morgan fingerprint density at radius 2 is 2.39 bits per heavy atom. The quantitative estimate of drug-likeness (QED) is 0.769. The van der Waals surface area contributed by atoms with Crippen molar-refractivity contribution in [3.8, 4) is 5.88 Å². The zero-order chi connectivity index (χ0) is 13.2. The van der Waals surface area contributed by atoms with Crippen LogP contribution in [-0.4, -0.2) is 23.0 Å². The summed E-state index contributed by atoms with van der Waals surface area (Å²) >= 11 is 4.93. The van der Waals surface area contributed by atoms with Crippen LogP contribution in [0.4, 0.5) is 0 Å². The van der Waals surface area contributed by atoms with Crippen LogP contribution in [0.3, 0.4) is 0 Å². The molecular weight excluding hydrogens is 250 g/mol. The summed E-state index contributed by atoms with van der Waals surface area (Å²) in [5.74, 6) is 0.433. The van der Waals surface area contributed by atoms with E-state index >= 15 is 0 Å². The predicted octanol–water partition coefficient (Wildman–Crippen LogP) is 0.773. The van der Waals surface area contributed by atoms with Gasteiger partial charge in [0.15, 0.2) is 0 Å². The smallest absolute Gasteiger partial charge is 0.233 e. The number of amides is 1. The minimum Gasteiger partial charge on any atom is -0.481 e. The van der Waals surface area contributed by atoms with Gasteiger partial charge in [0.1, 0.15) is 0 Å². The van der Waals surface area contributed by atoms with Gasteiger partial charge in [0.2, 0.25) is 11.8 Å². The topological polar surface area (TPSA) is 77.2 Å². The number of carbonyl (C=O) groups excluding carboxylic acids is 1. The minimum absolute atomic E-state index is 0.0919. The zero-order valence-corrected chi connectivity index (χ0v) is 10.9. The fourth-order valence-electron chi connectivity index (χ4n) is 1.73. The summed E-state index contributed by atoms with van der Waals surface area (Å²) in [7, 11) is 1.55. The number of nitrogens with two attached hydrogens (primary N) is 1. The van der Waals surface area contributed by atoms with Gasteiger partial charge in [-0.25, -0.2) is 4.98 Å². The highest BCUT2D eigenvalue weighted by atomic mass is 32.1. The normalized spacial score (nSPS) is 15.8. The monoisotopic (exact) mass is 265 g/mol. The van der Waals surface area contributed by atoms with Crippen molar-refractivity contribution < 1.29 is 9.53 Å². The fraction of sp³-hybridized carbons (Fsp3) is 0.417. The van der Waals surface area contributed by atoms with Crippen LogP contribution in [-0.2, 0) is 11.3 Å². The lowest BCUT2D eigenvalue weighted by Gasteiger charge is -2.13. The molecule has 3 N–H and O–H groups in total. The number of aromatic nitrogens is 1. The molecule has 1 amide bonds. The van der Waals surface area contributed by atoms with E-state index in [1.807, 2.05) is 6.07 Å². The second-order valence-corrected chi connectivity index (χ2v) is 4.78. The van der Waals surface area contributed by atoms with Gasteiger partial charge in [-0.3, -0.25) is 4.79 Å². The fourth-order valence-corrected chi connectivity index (χ4v) is 2.03. The molecule has 1 saturated carbocycles. The molecule has 0 unspecified atom stereocenters. The Kier molecular flexibility index (Phi) is 3.47. The van der Waals surface area contributed by atoms with Gasteiger partial charge in [0, 0.05) is 18.8 Å². The minimum atomic E-state index is -0.605. The van der Waals surface area contributed by atoms with Crippen LogP contribution in [0.5, 0.6) is 5.88 Å². The maximum atomic E-state index is 12.0. The summed E-state index contributed by atoms with van der Waals surface area (Å²) in [4.78, 5) is 16.3. The van der Waals surface area contributed by atoms with E-state index in [0.29, 0.717) is 12.4 Å². The van der Waals surface area contributed by atoms with Gasteiger partial charge in [-0.1, -0.05) is 12.2 Å². The van der Waals surface area contributed by atoms with Crippen LogP contribution >= 0.6 is 12.2 Å². The van der Waals surface area contributed by atoms with Crippen molar-refractivity contribution in [3.05, 3.63) is 23.9 Å². The highest BCUT2D eigenvalue weighted by Gasteiger charge is 2.52. The number of hydrogen-bond acceptors (Lipinski definition) is 4. The van der Waals surface area contributed by atoms with E-state index in [9.17, 15) is 4.79 Å². The first kappa shape index (κ1) is 12.8. The summed E-state index contributed by atoms with van der Waals surface area (Å²) < 4.78 is 5.01. The third kappa shape index (κ3) is 2.43. The molecule has 96 valence electrons. The van der Waals surface area contributed by atoms with E-state index in [-0.39, 0.29) is 10.9 Å². The molecule has 5 nitrogen and oxygen atoms in total. The second-order valence-electron chi connectivity index (χ2n) is 4.34. The molecule has 1 aromatic heterocycles. The first-order valence-corrected chi connectivity index (χ1v) is 6.06. The summed E-state index contributed by atoms with van der Waals surface area (Å²) in [6, 6.07) is 3.60. The number of rotatable bonds is 5. The SMILES string of the molecule is COc1cc(CNC(=O)C2(C(N)=S)CC2)ccn1. The van der Waals surface area contributed by atoms with E-state index < -0.39 is 5.41 Å². The number of ether oxygens (including phenoxy) is 1. The van der Waals surface area contributed by atoms with Crippen molar-refractivity contribution in [2.75, 3.05) is 7.11 Å². The molecule has 0 aromatic carbocycles. The van der Waals surface area contributed by atoms with Crippen molar-refractivity contribution in [2.45, 2.75) is 19.4 Å². The lowest BCUT2D eigenvalue weighted by Crippen LogP contribution is -2.39. The summed E-state index contributed by atoms with van der Waals surface area (Å²) in [5.41, 5.74) is 5.91. The van der Waals surface area contributed by atoms with Gasteiger partial charge in [-0.2, -0.15) is 0 Å². The van der Waals surface area contributed by atoms with Gasteiger partial charge in [0.25, 0.3) is 0 Å². The molecule has 1 aromatic rings. The van der Waals surface area contributed by atoms with Crippen LogP contribution in [0.1, 0.15) is 18.4 Å². The Bertz CT molecular complexity index is 486. The highest BCUT2D eigenvalue weighted by molar-refractivity contribution is 7.80. The van der Waals surface area contributed by atoms with Gasteiger partial charge in [-0.15, -0.1) is 0 Å². The molecule has 0 spiro atoms. The van der Waals surface area contributed by atoms with Crippen molar-refractivity contribution in [2.24, 2.45) is 11.1 Å². The van der Waals surface area contributed by atoms with E-state index in [0.717, 1.165) is 18.4 Å². The average Bonchev–Trinajstić information content (AvgIpc) is 3.17. The molecule has 0 aliphatic heterocycles. The maximum absolute atomic E-state index is 12.0. The second kappa shape index (κ2) is 4.89. The summed E-state index contributed by atoms with van der Waals surface area (Å²) in [5, 5.41) is 2.84. The largest absolute Gasteiger partial charge is 0.481 e. The number of thiocarbonyl (C=S) groups is 1. The molecule has 2 rings (SSSR count). The van der Waals surface area contributed by atoms with E-state index in [2.05, 4.69) is 10.3 Å². The van der Waals surface area contributed by atoms with Crippen LogP contribution in [0.25, 0.3) is 0 Å². The Morgan fingerprint density at radius 3 is 2.94 bits per heavy atom. The number of nitrogens with zero attached hydrogens (tertiary/aromatic N) is 1. The molecule has 1 fully saturated rings. The molecule has 0 bridgehead atoms. The van der Waals surface area contributed by atoms with E-state index in [1.165, 1.54) is 0 Å². The molecule has 0 radical (unpaired) electrons. The number of methoxy groups -OCH3 is 1. The first-order valence-electron chi connectivity index (χ1n) is 5.65. The van der Waals surface area contributed by atoms with Crippen molar-refractivity contribution in [1.82, 2.24) is 10.3 Å². The molecular formula is C12H15N3O2S. The molecule has 6 heteroatoms. The number of pyridine rings is 1. The molecule has 0 saturated heterocycles. The molecule has 1 aliphatic carbocycles. The lowest BCUT2D eigenvalue weighted by atomic mass is 10.1. The first-order chi connectivity index (χ1) is 8.58. The Balaban J connectivity index is 1.95. The Morgan fingerprint density at radius 1 is 1.67 bits per heavy atom. The van der Waals surface area contributed by atoms with Crippen LogP contribution in [0, 0.1) is 5.41 Å². The Hall–Kier alpha value is -1.69. The van der Waals surface area contributed by atoms with E-state index in [4.69, 9.17) is 22.7 Å². The van der Waals surface area contributed by atoms with Gasteiger partial charge in [-0.05, 0) is 24.5 Å². The zero-order valence-electron chi connectivity index (χ0n) is 10.1. The third-order valence-corrected chi connectivity index (χ3v) is 3.51. The van der Waals surface area contributed by atoms with Crippen molar-refractivity contribution >= 4 is 23.1 Å². The third-order valence-electron chi connectivity index (χ3n) is 3.12. The van der Waals surface area contributed by atoms with Crippen molar-refractivity contribution in [1.29, 1.82) is 0 Å². The van der Waals surface area contributed by atoms with Gasteiger partial charge >= 0.3 is 0 Å². The standard InChI is InChI=1S/C12H15N3O2S/c1-17-9-6-8(2-5-14-9)7-15-11(16)12(3-4-12)10(13)18/h2,5-6H,3-4,7H2,1H3,(H2,13,18)(H,15,16). The number of hydrogen-bond donors (Lipinski definition) is 2. The summed E-state index contributed by atoms with van der Waals surface area (Å²) in [6.45, 7) is 0.419. The Labute approximate surface area is 111 Å². The molecule has 0 atom stereocenters. The predicted molar refractivity (Wildman–Crippen MR) is 71.1 cm³/mol.